The number of aryl methyl sites for hydroxylation is 2. The number of benzene rings is 2. The molecule has 0 aliphatic carbocycles. The number of rotatable bonds is 3. The van der Waals surface area contributed by atoms with Crippen LogP contribution in [-0.2, 0) is 0 Å². The van der Waals surface area contributed by atoms with Gasteiger partial charge in [0.25, 0.3) is 0 Å². The molecule has 0 heterocycles. The molecule has 2 aromatic rings. The number of allylic oxidation sites excluding steroid dienone is 2. The summed E-state index contributed by atoms with van der Waals surface area (Å²) >= 11 is 0. The van der Waals surface area contributed by atoms with Gasteiger partial charge in [0, 0.05) is 0 Å². The highest BCUT2D eigenvalue weighted by atomic mass is 14.1. The molecule has 0 bridgehead atoms. The van der Waals surface area contributed by atoms with Gasteiger partial charge in [-0.2, -0.15) is 0 Å². The molecular weight excluding hydrogens is 216 g/mol. The Balaban J connectivity index is 2.46. The van der Waals surface area contributed by atoms with Crippen LogP contribution in [-0.4, -0.2) is 0 Å². The van der Waals surface area contributed by atoms with Crippen molar-refractivity contribution in [1.82, 2.24) is 0 Å². The summed E-state index contributed by atoms with van der Waals surface area (Å²) < 4.78 is 0. The van der Waals surface area contributed by atoms with E-state index < -0.39 is 0 Å². The largest absolute Gasteiger partial charge is 0.0622 e. The summed E-state index contributed by atoms with van der Waals surface area (Å²) in [6.45, 7) is 9.75. The molecule has 0 saturated carbocycles. The fourth-order valence-electron chi connectivity index (χ4n) is 1.92. The van der Waals surface area contributed by atoms with Gasteiger partial charge in [0.05, 0.1) is 0 Å². The summed E-state index contributed by atoms with van der Waals surface area (Å²) in [4.78, 5) is 0. The van der Waals surface area contributed by atoms with Crippen LogP contribution in [0, 0.1) is 20.4 Å². The molecular formula is C18H17. The molecule has 0 nitrogen and oxygen atoms in total. The molecule has 0 fully saturated rings. The van der Waals surface area contributed by atoms with Crippen molar-refractivity contribution in [3.63, 3.8) is 0 Å². The Labute approximate surface area is 109 Å². The van der Waals surface area contributed by atoms with Crippen LogP contribution < -0.4 is 0 Å². The zero-order valence-electron chi connectivity index (χ0n) is 10.9. The second kappa shape index (κ2) is 5.50. The van der Waals surface area contributed by atoms with E-state index in [-0.39, 0.29) is 0 Å². The third-order valence-electron chi connectivity index (χ3n) is 2.99. The van der Waals surface area contributed by atoms with Gasteiger partial charge in [0.2, 0.25) is 0 Å². The lowest BCUT2D eigenvalue weighted by atomic mass is 9.96. The lowest BCUT2D eigenvalue weighted by Gasteiger charge is -2.08. The van der Waals surface area contributed by atoms with E-state index in [4.69, 9.17) is 6.58 Å². The van der Waals surface area contributed by atoms with Gasteiger partial charge in [-0.3, -0.25) is 0 Å². The molecule has 0 heteroatoms. The van der Waals surface area contributed by atoms with Crippen molar-refractivity contribution in [1.29, 1.82) is 0 Å². The van der Waals surface area contributed by atoms with Crippen molar-refractivity contribution >= 4 is 5.57 Å². The first-order chi connectivity index (χ1) is 8.70. The Kier molecular flexibility index (Phi) is 3.78. The van der Waals surface area contributed by atoms with E-state index in [0.717, 1.165) is 5.57 Å². The highest BCUT2D eigenvalue weighted by Gasteiger charge is 2.03. The summed E-state index contributed by atoms with van der Waals surface area (Å²) in [5, 5.41) is 0. The van der Waals surface area contributed by atoms with E-state index in [1.807, 2.05) is 6.08 Å². The van der Waals surface area contributed by atoms with Gasteiger partial charge in [0.1, 0.15) is 0 Å². The zero-order valence-corrected chi connectivity index (χ0v) is 10.9. The fourth-order valence-corrected chi connectivity index (χ4v) is 1.92. The number of hydrogen-bond acceptors (Lipinski definition) is 0. The van der Waals surface area contributed by atoms with E-state index in [2.05, 4.69) is 62.4 Å². The second-order valence-corrected chi connectivity index (χ2v) is 4.50. The first kappa shape index (κ1) is 12.4. The van der Waals surface area contributed by atoms with Crippen LogP contribution in [0.15, 0.2) is 60.7 Å². The third kappa shape index (κ3) is 2.78. The Bertz CT molecular complexity index is 506. The minimum Gasteiger partial charge on any atom is -0.0622 e. The minimum absolute atomic E-state index is 1.15. The molecule has 0 amide bonds. The summed E-state index contributed by atoms with van der Waals surface area (Å²) in [6, 6.07) is 17.0. The standard InChI is InChI=1S/C18H17/c1-4-5-18(16-10-6-14(2)7-11-16)17-12-8-15(3)9-13-17/h1,4-13H,2-3H3. The maximum absolute atomic E-state index is 5.56. The maximum Gasteiger partial charge on any atom is -0.0111 e. The van der Waals surface area contributed by atoms with Crippen LogP contribution in [0.25, 0.3) is 5.57 Å². The predicted octanol–water partition coefficient (Wildman–Crippen LogP) is 4.72. The molecule has 89 valence electrons. The van der Waals surface area contributed by atoms with Crippen LogP contribution in [0.3, 0.4) is 0 Å². The van der Waals surface area contributed by atoms with Gasteiger partial charge in [-0.1, -0.05) is 78.4 Å². The van der Waals surface area contributed by atoms with Crippen LogP contribution >= 0.6 is 0 Å². The quantitative estimate of drug-likeness (QED) is 0.673. The fraction of sp³-hybridized carbons (Fsp3) is 0.111. The average molecular weight is 233 g/mol. The minimum atomic E-state index is 1.15. The molecule has 2 rings (SSSR count). The Hall–Kier alpha value is -2.08. The average Bonchev–Trinajstić information content (AvgIpc) is 2.39. The molecule has 0 aliphatic rings. The van der Waals surface area contributed by atoms with E-state index >= 15 is 0 Å². The SMILES string of the molecule is [CH]=CC=C(c1ccc(C)cc1)c1ccc(C)cc1. The Morgan fingerprint density at radius 3 is 1.50 bits per heavy atom. The van der Waals surface area contributed by atoms with Crippen molar-refractivity contribution in [3.05, 3.63) is 89.5 Å². The van der Waals surface area contributed by atoms with Gasteiger partial charge in [-0.05, 0) is 30.5 Å². The predicted molar refractivity (Wildman–Crippen MR) is 78.3 cm³/mol. The van der Waals surface area contributed by atoms with E-state index in [0.29, 0.717) is 0 Å². The van der Waals surface area contributed by atoms with E-state index in [1.54, 1.807) is 6.08 Å². The summed E-state index contributed by atoms with van der Waals surface area (Å²) in [5.74, 6) is 0. The van der Waals surface area contributed by atoms with Crippen molar-refractivity contribution < 1.29 is 0 Å². The molecule has 0 unspecified atom stereocenters. The van der Waals surface area contributed by atoms with Crippen molar-refractivity contribution in [3.8, 4) is 0 Å². The molecule has 18 heavy (non-hydrogen) atoms. The van der Waals surface area contributed by atoms with Crippen molar-refractivity contribution in [2.45, 2.75) is 13.8 Å². The van der Waals surface area contributed by atoms with Gasteiger partial charge in [-0.25, -0.2) is 0 Å². The molecule has 0 N–H and O–H groups in total. The Morgan fingerprint density at radius 1 is 0.778 bits per heavy atom. The molecule has 0 aromatic heterocycles. The van der Waals surface area contributed by atoms with Crippen molar-refractivity contribution in [2.75, 3.05) is 0 Å². The topological polar surface area (TPSA) is 0 Å². The second-order valence-electron chi connectivity index (χ2n) is 4.50. The molecule has 0 spiro atoms. The Morgan fingerprint density at radius 2 is 1.17 bits per heavy atom. The smallest absolute Gasteiger partial charge is 0.0111 e. The summed E-state index contributed by atoms with van der Waals surface area (Å²) in [6.07, 6.45) is 3.55. The molecule has 0 atom stereocenters. The monoisotopic (exact) mass is 233 g/mol. The zero-order chi connectivity index (χ0) is 13.0. The van der Waals surface area contributed by atoms with Gasteiger partial charge in [-0.15, -0.1) is 0 Å². The van der Waals surface area contributed by atoms with Crippen LogP contribution in [0.5, 0.6) is 0 Å². The van der Waals surface area contributed by atoms with Crippen LogP contribution in [0.1, 0.15) is 22.3 Å². The normalized spacial score (nSPS) is 9.89. The summed E-state index contributed by atoms with van der Waals surface area (Å²) in [7, 11) is 0. The molecule has 0 aliphatic heterocycles. The molecule has 1 radical (unpaired) electrons. The maximum atomic E-state index is 5.56. The van der Waals surface area contributed by atoms with Crippen LogP contribution in [0.4, 0.5) is 0 Å². The van der Waals surface area contributed by atoms with Gasteiger partial charge >= 0.3 is 0 Å². The lowest BCUT2D eigenvalue weighted by molar-refractivity contribution is 1.43. The van der Waals surface area contributed by atoms with Gasteiger partial charge < -0.3 is 0 Å². The van der Waals surface area contributed by atoms with E-state index in [9.17, 15) is 0 Å². The highest BCUT2D eigenvalue weighted by molar-refractivity contribution is 5.80. The van der Waals surface area contributed by atoms with E-state index in [1.165, 1.54) is 22.3 Å². The first-order valence-corrected chi connectivity index (χ1v) is 6.10. The third-order valence-corrected chi connectivity index (χ3v) is 2.99. The highest BCUT2D eigenvalue weighted by Crippen LogP contribution is 2.24. The summed E-state index contributed by atoms with van der Waals surface area (Å²) in [5.41, 5.74) is 6.05. The van der Waals surface area contributed by atoms with Crippen LogP contribution in [0.2, 0.25) is 0 Å². The van der Waals surface area contributed by atoms with Gasteiger partial charge in [0.15, 0.2) is 0 Å². The number of hydrogen-bond donors (Lipinski definition) is 0. The molecule has 2 aromatic carbocycles. The lowest BCUT2D eigenvalue weighted by Crippen LogP contribution is -1.88. The molecule has 0 saturated heterocycles. The van der Waals surface area contributed by atoms with Crippen molar-refractivity contribution in [2.24, 2.45) is 0 Å². The first-order valence-electron chi connectivity index (χ1n) is 6.10.